The number of rotatable bonds is 5. The number of hydrogen-bond acceptors (Lipinski definition) is 5. The van der Waals surface area contributed by atoms with Crippen molar-refractivity contribution < 1.29 is 0 Å². The van der Waals surface area contributed by atoms with Crippen molar-refractivity contribution >= 4 is 17.2 Å². The Morgan fingerprint density at radius 3 is 2.76 bits per heavy atom. The number of anilines is 1. The van der Waals surface area contributed by atoms with Gasteiger partial charge in [-0.2, -0.15) is 0 Å². The van der Waals surface area contributed by atoms with Gasteiger partial charge in [-0.05, 0) is 18.4 Å². The largest absolute Gasteiger partial charge is 0.353 e. The molecule has 0 radical (unpaired) electrons. The predicted molar refractivity (Wildman–Crippen MR) is 97.7 cm³/mol. The summed E-state index contributed by atoms with van der Waals surface area (Å²) in [6, 6.07) is 2.04. The zero-order valence-electron chi connectivity index (χ0n) is 14.6. The second-order valence-electron chi connectivity index (χ2n) is 6.53. The highest BCUT2D eigenvalue weighted by Crippen LogP contribution is 2.25. The van der Waals surface area contributed by atoms with Crippen molar-refractivity contribution in [2.75, 3.05) is 11.9 Å². The summed E-state index contributed by atoms with van der Waals surface area (Å²) in [5.74, 6) is 1.90. The summed E-state index contributed by atoms with van der Waals surface area (Å²) >= 11 is 0. The number of imidazole rings is 1. The van der Waals surface area contributed by atoms with E-state index in [0.29, 0.717) is 11.9 Å². The van der Waals surface area contributed by atoms with E-state index in [0.717, 1.165) is 41.1 Å². The van der Waals surface area contributed by atoms with Crippen LogP contribution in [-0.4, -0.2) is 35.5 Å². The molecule has 4 aromatic rings. The average molecular weight is 335 g/mol. The molecule has 0 aliphatic rings. The standard InChI is InChI=1S/C18H21N7/c1-4-14-9-22-18-21-8-13(11-24(14)18)15-5-6-25-16(15)10-20-17(23-25)19-7-12(2)3/h5-6,8-12H,4,7H2,1-3H3,(H,19,23). The molecule has 0 spiro atoms. The predicted octanol–water partition coefficient (Wildman–Crippen LogP) is 3.07. The lowest BCUT2D eigenvalue weighted by Gasteiger charge is -2.07. The summed E-state index contributed by atoms with van der Waals surface area (Å²) in [4.78, 5) is 13.2. The Morgan fingerprint density at radius 1 is 1.12 bits per heavy atom. The van der Waals surface area contributed by atoms with Gasteiger partial charge in [-0.1, -0.05) is 20.8 Å². The molecule has 4 heterocycles. The molecule has 0 bridgehead atoms. The highest BCUT2D eigenvalue weighted by molar-refractivity contribution is 5.79. The van der Waals surface area contributed by atoms with Gasteiger partial charge in [0, 0.05) is 42.0 Å². The fourth-order valence-corrected chi connectivity index (χ4v) is 2.84. The fraction of sp³-hybridized carbons (Fsp3) is 0.333. The lowest BCUT2D eigenvalue weighted by Crippen LogP contribution is -2.11. The van der Waals surface area contributed by atoms with E-state index in [9.17, 15) is 0 Å². The number of hydrogen-bond donors (Lipinski definition) is 1. The first-order valence-corrected chi connectivity index (χ1v) is 8.56. The van der Waals surface area contributed by atoms with Gasteiger partial charge in [0.1, 0.15) is 0 Å². The molecule has 0 saturated heterocycles. The Kier molecular flexibility index (Phi) is 3.83. The molecule has 0 saturated carbocycles. The van der Waals surface area contributed by atoms with Crippen molar-refractivity contribution in [3.05, 3.63) is 42.7 Å². The molecule has 0 fully saturated rings. The van der Waals surface area contributed by atoms with Crippen molar-refractivity contribution in [3.63, 3.8) is 0 Å². The maximum absolute atomic E-state index is 4.53. The Hall–Kier alpha value is -2.96. The Bertz CT molecular complexity index is 1030. The van der Waals surface area contributed by atoms with Crippen molar-refractivity contribution in [2.45, 2.75) is 27.2 Å². The van der Waals surface area contributed by atoms with Crippen LogP contribution in [0.2, 0.25) is 0 Å². The lowest BCUT2D eigenvalue weighted by atomic mass is 10.1. The Labute approximate surface area is 145 Å². The third kappa shape index (κ3) is 2.82. The smallest absolute Gasteiger partial charge is 0.241 e. The van der Waals surface area contributed by atoms with Gasteiger partial charge in [-0.25, -0.2) is 19.5 Å². The second kappa shape index (κ2) is 6.16. The molecule has 7 heteroatoms. The number of fused-ring (bicyclic) bond motifs is 2. The Balaban J connectivity index is 1.74. The van der Waals surface area contributed by atoms with Gasteiger partial charge in [-0.15, -0.1) is 5.10 Å². The summed E-state index contributed by atoms with van der Waals surface area (Å²) in [6.07, 6.45) is 10.5. The topological polar surface area (TPSA) is 72.4 Å². The van der Waals surface area contributed by atoms with Gasteiger partial charge in [-0.3, -0.25) is 4.40 Å². The molecule has 0 aliphatic carbocycles. The number of nitrogens with one attached hydrogen (secondary N) is 1. The fourth-order valence-electron chi connectivity index (χ4n) is 2.84. The van der Waals surface area contributed by atoms with Crippen molar-refractivity contribution in [2.24, 2.45) is 5.92 Å². The molecule has 25 heavy (non-hydrogen) atoms. The SMILES string of the molecule is CCc1cnc2ncc(-c3ccn4nc(NCC(C)C)ncc34)cn12. The van der Waals surface area contributed by atoms with Crippen LogP contribution in [0, 0.1) is 5.92 Å². The van der Waals surface area contributed by atoms with Crippen LogP contribution in [0.3, 0.4) is 0 Å². The molecule has 0 aliphatic heterocycles. The first-order valence-electron chi connectivity index (χ1n) is 8.56. The zero-order chi connectivity index (χ0) is 17.4. The van der Waals surface area contributed by atoms with Gasteiger partial charge in [0.2, 0.25) is 11.7 Å². The first kappa shape index (κ1) is 15.6. The van der Waals surface area contributed by atoms with Crippen LogP contribution in [0.5, 0.6) is 0 Å². The number of aromatic nitrogens is 6. The minimum Gasteiger partial charge on any atom is -0.353 e. The van der Waals surface area contributed by atoms with Crippen molar-refractivity contribution in [1.29, 1.82) is 0 Å². The van der Waals surface area contributed by atoms with E-state index in [4.69, 9.17) is 0 Å². The highest BCUT2D eigenvalue weighted by Gasteiger charge is 2.11. The van der Waals surface area contributed by atoms with Crippen molar-refractivity contribution in [1.82, 2.24) is 29.0 Å². The number of aryl methyl sites for hydroxylation is 1. The third-order valence-electron chi connectivity index (χ3n) is 4.20. The molecular weight excluding hydrogens is 314 g/mol. The van der Waals surface area contributed by atoms with Crippen LogP contribution in [0.25, 0.3) is 22.4 Å². The second-order valence-corrected chi connectivity index (χ2v) is 6.53. The van der Waals surface area contributed by atoms with Crippen LogP contribution < -0.4 is 5.32 Å². The van der Waals surface area contributed by atoms with E-state index >= 15 is 0 Å². The average Bonchev–Trinajstić information content (AvgIpc) is 3.22. The van der Waals surface area contributed by atoms with E-state index in [2.05, 4.69) is 52.3 Å². The normalized spacial score (nSPS) is 11.7. The van der Waals surface area contributed by atoms with Gasteiger partial charge in [0.05, 0.1) is 17.9 Å². The van der Waals surface area contributed by atoms with Gasteiger partial charge < -0.3 is 5.32 Å². The molecule has 0 unspecified atom stereocenters. The van der Waals surface area contributed by atoms with E-state index in [1.54, 1.807) is 0 Å². The lowest BCUT2D eigenvalue weighted by molar-refractivity contribution is 0.681. The van der Waals surface area contributed by atoms with Crippen LogP contribution in [0.15, 0.2) is 37.1 Å². The highest BCUT2D eigenvalue weighted by atomic mass is 15.3. The summed E-state index contributed by atoms with van der Waals surface area (Å²) < 4.78 is 3.89. The maximum Gasteiger partial charge on any atom is 0.241 e. The molecule has 4 aromatic heterocycles. The molecule has 0 aromatic carbocycles. The minimum atomic E-state index is 0.542. The number of nitrogens with zero attached hydrogens (tertiary/aromatic N) is 6. The van der Waals surface area contributed by atoms with E-state index in [1.807, 2.05) is 39.8 Å². The van der Waals surface area contributed by atoms with E-state index < -0.39 is 0 Å². The molecule has 7 nitrogen and oxygen atoms in total. The summed E-state index contributed by atoms with van der Waals surface area (Å²) in [7, 11) is 0. The minimum absolute atomic E-state index is 0.542. The van der Waals surface area contributed by atoms with Crippen LogP contribution in [0.4, 0.5) is 5.95 Å². The molecule has 4 rings (SSSR count). The van der Waals surface area contributed by atoms with Gasteiger partial charge in [0.15, 0.2) is 0 Å². The quantitative estimate of drug-likeness (QED) is 0.607. The summed E-state index contributed by atoms with van der Waals surface area (Å²) in [5.41, 5.74) is 4.17. The van der Waals surface area contributed by atoms with Crippen molar-refractivity contribution in [3.8, 4) is 11.1 Å². The van der Waals surface area contributed by atoms with Gasteiger partial charge in [0.25, 0.3) is 0 Å². The molecular formula is C18H21N7. The van der Waals surface area contributed by atoms with Crippen LogP contribution >= 0.6 is 0 Å². The van der Waals surface area contributed by atoms with E-state index in [-0.39, 0.29) is 0 Å². The summed E-state index contributed by atoms with van der Waals surface area (Å²) in [6.45, 7) is 7.27. The van der Waals surface area contributed by atoms with Gasteiger partial charge >= 0.3 is 0 Å². The summed E-state index contributed by atoms with van der Waals surface area (Å²) in [5, 5.41) is 7.79. The molecule has 1 N–H and O–H groups in total. The molecule has 0 amide bonds. The molecule has 128 valence electrons. The zero-order valence-corrected chi connectivity index (χ0v) is 14.6. The monoisotopic (exact) mass is 335 g/mol. The first-order chi connectivity index (χ1) is 12.2. The van der Waals surface area contributed by atoms with E-state index in [1.165, 1.54) is 0 Å². The maximum atomic E-state index is 4.53. The van der Waals surface area contributed by atoms with Crippen LogP contribution in [-0.2, 0) is 6.42 Å². The van der Waals surface area contributed by atoms with Crippen LogP contribution in [0.1, 0.15) is 26.5 Å². The third-order valence-corrected chi connectivity index (χ3v) is 4.20. The molecule has 0 atom stereocenters. The Morgan fingerprint density at radius 2 is 1.96 bits per heavy atom.